The third-order valence-corrected chi connectivity index (χ3v) is 5.02. The van der Waals surface area contributed by atoms with E-state index in [1.165, 1.54) is 12.1 Å². The van der Waals surface area contributed by atoms with Crippen molar-refractivity contribution in [2.24, 2.45) is 0 Å². The first-order valence-corrected chi connectivity index (χ1v) is 9.45. The van der Waals surface area contributed by atoms with E-state index in [-0.39, 0.29) is 18.4 Å². The summed E-state index contributed by atoms with van der Waals surface area (Å²) in [7, 11) is 0. The van der Waals surface area contributed by atoms with Gasteiger partial charge in [0.25, 0.3) is 0 Å². The molecule has 1 saturated carbocycles. The minimum Gasteiger partial charge on any atom is -0.353 e. The molecule has 0 radical (unpaired) electrons. The van der Waals surface area contributed by atoms with E-state index in [0.29, 0.717) is 16.6 Å². The van der Waals surface area contributed by atoms with Crippen molar-refractivity contribution in [3.63, 3.8) is 0 Å². The fraction of sp³-hybridized carbons (Fsp3) is 0.350. The normalized spacial score (nSPS) is 19.5. The number of carbonyl (C=O) groups excluding carboxylic acids is 1. The quantitative estimate of drug-likeness (QED) is 0.756. The van der Waals surface area contributed by atoms with E-state index in [1.807, 2.05) is 24.3 Å². The molecule has 0 aliphatic heterocycles. The van der Waals surface area contributed by atoms with Gasteiger partial charge in [-0.25, -0.2) is 4.39 Å². The maximum absolute atomic E-state index is 13.4. The molecule has 26 heavy (non-hydrogen) atoms. The van der Waals surface area contributed by atoms with Crippen molar-refractivity contribution < 1.29 is 9.18 Å². The van der Waals surface area contributed by atoms with Crippen LogP contribution in [0.25, 0.3) is 0 Å². The highest BCUT2D eigenvalue weighted by Crippen LogP contribution is 2.21. The molecule has 3 nitrogen and oxygen atoms in total. The van der Waals surface area contributed by atoms with E-state index in [0.717, 1.165) is 36.4 Å². The second-order valence-corrected chi connectivity index (χ2v) is 7.61. The van der Waals surface area contributed by atoms with Crippen molar-refractivity contribution >= 4 is 29.1 Å². The summed E-state index contributed by atoms with van der Waals surface area (Å²) in [5, 5.41) is 7.59. The predicted molar refractivity (Wildman–Crippen MR) is 103 cm³/mol. The summed E-state index contributed by atoms with van der Waals surface area (Å²) in [6, 6.07) is 12.5. The smallest absolute Gasteiger partial charge is 0.224 e. The molecule has 2 N–H and O–H groups in total. The van der Waals surface area contributed by atoms with Crippen LogP contribution in [0.3, 0.4) is 0 Å². The van der Waals surface area contributed by atoms with Crippen LogP contribution in [0.2, 0.25) is 10.0 Å². The monoisotopic (exact) mass is 394 g/mol. The fourth-order valence-corrected chi connectivity index (χ4v) is 3.84. The van der Waals surface area contributed by atoms with Gasteiger partial charge in [-0.3, -0.25) is 4.79 Å². The van der Waals surface area contributed by atoms with E-state index in [2.05, 4.69) is 10.6 Å². The molecule has 0 aromatic heterocycles. The Kier molecular flexibility index (Phi) is 6.52. The second-order valence-electron chi connectivity index (χ2n) is 6.74. The van der Waals surface area contributed by atoms with Gasteiger partial charge in [0, 0.05) is 28.7 Å². The van der Waals surface area contributed by atoms with Crippen LogP contribution in [-0.2, 0) is 17.8 Å². The number of rotatable bonds is 6. The summed E-state index contributed by atoms with van der Waals surface area (Å²) in [5.41, 5.74) is 1.73. The molecule has 0 saturated heterocycles. The average molecular weight is 395 g/mol. The number of halogens is 3. The highest BCUT2D eigenvalue weighted by molar-refractivity contribution is 6.30. The largest absolute Gasteiger partial charge is 0.353 e. The van der Waals surface area contributed by atoms with Gasteiger partial charge in [0.15, 0.2) is 0 Å². The fourth-order valence-electron chi connectivity index (χ4n) is 3.38. The van der Waals surface area contributed by atoms with Gasteiger partial charge in [-0.05, 0) is 60.7 Å². The number of carbonyl (C=O) groups is 1. The van der Waals surface area contributed by atoms with Crippen LogP contribution in [0.4, 0.5) is 4.39 Å². The molecule has 6 heteroatoms. The Balaban J connectivity index is 1.44. The summed E-state index contributed by atoms with van der Waals surface area (Å²) in [5.74, 6) is -0.529. The van der Waals surface area contributed by atoms with Crippen LogP contribution in [0.15, 0.2) is 42.5 Å². The van der Waals surface area contributed by atoms with E-state index >= 15 is 0 Å². The maximum atomic E-state index is 13.4. The van der Waals surface area contributed by atoms with Gasteiger partial charge < -0.3 is 10.6 Å². The molecule has 2 aromatic carbocycles. The lowest BCUT2D eigenvalue weighted by atomic mass is 10.1. The van der Waals surface area contributed by atoms with Crippen LogP contribution in [-0.4, -0.2) is 18.0 Å². The molecule has 0 bridgehead atoms. The minimum absolute atomic E-state index is 0.104. The Morgan fingerprint density at radius 1 is 1.04 bits per heavy atom. The third-order valence-electron chi connectivity index (χ3n) is 4.57. The second kappa shape index (κ2) is 8.85. The zero-order chi connectivity index (χ0) is 18.5. The minimum atomic E-state index is -0.425. The van der Waals surface area contributed by atoms with Crippen molar-refractivity contribution in [1.82, 2.24) is 10.6 Å². The van der Waals surface area contributed by atoms with E-state index < -0.39 is 5.82 Å². The maximum Gasteiger partial charge on any atom is 0.224 e. The van der Waals surface area contributed by atoms with Crippen LogP contribution in [0, 0.1) is 5.82 Å². The Bertz CT molecular complexity index is 764. The molecule has 0 spiro atoms. The van der Waals surface area contributed by atoms with Crippen LogP contribution in [0.1, 0.15) is 30.4 Å². The number of hydrogen-bond acceptors (Lipinski definition) is 2. The SMILES string of the molecule is O=C(Cc1cc(F)cc(Cl)c1)N[C@H]1CC[C@@H](NCc2cccc(Cl)c2)C1. The van der Waals surface area contributed by atoms with Crippen LogP contribution in [0.5, 0.6) is 0 Å². The van der Waals surface area contributed by atoms with Gasteiger partial charge in [0.2, 0.25) is 5.91 Å². The molecule has 1 amide bonds. The Labute approximate surface area is 162 Å². The molecule has 138 valence electrons. The predicted octanol–water partition coefficient (Wildman–Crippen LogP) is 4.50. The lowest BCUT2D eigenvalue weighted by Crippen LogP contribution is -2.36. The summed E-state index contributed by atoms with van der Waals surface area (Å²) >= 11 is 11.8. The molecular weight excluding hydrogens is 374 g/mol. The Morgan fingerprint density at radius 3 is 2.58 bits per heavy atom. The first-order valence-electron chi connectivity index (χ1n) is 8.70. The molecule has 2 atom stereocenters. The van der Waals surface area contributed by atoms with Crippen molar-refractivity contribution in [2.75, 3.05) is 0 Å². The van der Waals surface area contributed by atoms with Gasteiger partial charge in [0.1, 0.15) is 5.82 Å². The zero-order valence-corrected chi connectivity index (χ0v) is 15.8. The van der Waals surface area contributed by atoms with E-state index in [1.54, 1.807) is 6.07 Å². The van der Waals surface area contributed by atoms with Crippen molar-refractivity contribution in [3.8, 4) is 0 Å². The third kappa shape index (κ3) is 5.70. The summed E-state index contributed by atoms with van der Waals surface area (Å²) < 4.78 is 13.4. The molecule has 3 rings (SSSR count). The van der Waals surface area contributed by atoms with Gasteiger partial charge >= 0.3 is 0 Å². The zero-order valence-electron chi connectivity index (χ0n) is 14.3. The van der Waals surface area contributed by atoms with Gasteiger partial charge in [-0.1, -0.05) is 35.3 Å². The van der Waals surface area contributed by atoms with Gasteiger partial charge in [-0.15, -0.1) is 0 Å². The molecule has 2 aromatic rings. The molecule has 1 aliphatic rings. The van der Waals surface area contributed by atoms with Crippen molar-refractivity contribution in [1.29, 1.82) is 0 Å². The van der Waals surface area contributed by atoms with E-state index in [4.69, 9.17) is 23.2 Å². The lowest BCUT2D eigenvalue weighted by molar-refractivity contribution is -0.121. The number of amides is 1. The molecule has 1 aliphatic carbocycles. The highest BCUT2D eigenvalue weighted by Gasteiger charge is 2.25. The van der Waals surface area contributed by atoms with Crippen molar-refractivity contribution in [3.05, 3.63) is 69.5 Å². The summed E-state index contributed by atoms with van der Waals surface area (Å²) in [6.07, 6.45) is 2.96. The molecular formula is C20H21Cl2FN2O. The molecule has 1 fully saturated rings. The summed E-state index contributed by atoms with van der Waals surface area (Å²) in [4.78, 5) is 12.2. The number of hydrogen-bond donors (Lipinski definition) is 2. The first-order chi connectivity index (χ1) is 12.5. The topological polar surface area (TPSA) is 41.1 Å². The van der Waals surface area contributed by atoms with E-state index in [9.17, 15) is 9.18 Å². The summed E-state index contributed by atoms with van der Waals surface area (Å²) in [6.45, 7) is 0.758. The van der Waals surface area contributed by atoms with Crippen LogP contribution >= 0.6 is 23.2 Å². The molecule has 0 unspecified atom stereocenters. The molecule has 0 heterocycles. The Morgan fingerprint density at radius 2 is 1.81 bits per heavy atom. The standard InChI is InChI=1S/C20H21Cl2FN2O/c21-15-3-1-2-13(6-15)12-24-18-4-5-19(11-18)25-20(26)9-14-7-16(22)10-17(23)8-14/h1-3,6-8,10,18-19,24H,4-5,9,11-12H2,(H,25,26)/t18-,19+/m1/s1. The van der Waals surface area contributed by atoms with Gasteiger partial charge in [0.05, 0.1) is 6.42 Å². The highest BCUT2D eigenvalue weighted by atomic mass is 35.5. The van der Waals surface area contributed by atoms with Crippen molar-refractivity contribution in [2.45, 2.75) is 44.3 Å². The average Bonchev–Trinajstić information content (AvgIpc) is 2.99. The lowest BCUT2D eigenvalue weighted by Gasteiger charge is -2.15. The number of benzene rings is 2. The van der Waals surface area contributed by atoms with Gasteiger partial charge in [-0.2, -0.15) is 0 Å². The number of nitrogens with one attached hydrogen (secondary N) is 2. The van der Waals surface area contributed by atoms with Crippen LogP contribution < -0.4 is 10.6 Å². The first kappa shape index (κ1) is 19.2. The Hall–Kier alpha value is -1.62.